The van der Waals surface area contributed by atoms with Crippen LogP contribution in [-0.2, 0) is 20.9 Å². The molecule has 1 fully saturated rings. The first kappa shape index (κ1) is 28.2. The molecule has 0 saturated heterocycles. The molecule has 0 unspecified atom stereocenters. The van der Waals surface area contributed by atoms with E-state index < -0.39 is 33.7 Å². The molecule has 2 aliphatic carbocycles. The summed E-state index contributed by atoms with van der Waals surface area (Å²) in [6.07, 6.45) is 6.47. The molecule has 0 spiro atoms. The molecule has 1 saturated carbocycles. The number of carbonyl (C=O) groups is 3. The highest BCUT2D eigenvalue weighted by molar-refractivity contribution is 6.31. The summed E-state index contributed by atoms with van der Waals surface area (Å²) in [4.78, 5) is 42.0. The predicted molar refractivity (Wildman–Crippen MR) is 145 cm³/mol. The third kappa shape index (κ3) is 4.47. The number of aliphatic hydroxyl groups is 1. The van der Waals surface area contributed by atoms with Crippen LogP contribution in [0.15, 0.2) is 72.6 Å². The van der Waals surface area contributed by atoms with Gasteiger partial charge in [-0.05, 0) is 68.6 Å². The zero-order valence-corrected chi connectivity index (χ0v) is 22.6. The molecule has 3 atom stereocenters. The Morgan fingerprint density at radius 3 is 2.30 bits per heavy atom. The smallest absolute Gasteiger partial charge is 0.258 e. The first-order valence-electron chi connectivity index (χ1n) is 12.7. The molecule has 0 heterocycles. The van der Waals surface area contributed by atoms with Crippen molar-refractivity contribution in [3.05, 3.63) is 78.1 Å². The Kier molecular flexibility index (Phi) is 8.01. The number of ketones is 2. The van der Waals surface area contributed by atoms with Gasteiger partial charge in [0, 0.05) is 6.54 Å². The van der Waals surface area contributed by atoms with E-state index in [4.69, 9.17) is 4.74 Å². The average Bonchev–Trinajstić information content (AvgIpc) is 2.85. The quantitative estimate of drug-likeness (QED) is 0.238. The molecule has 2 bridgehead atoms. The first-order chi connectivity index (χ1) is 17.4. The minimum atomic E-state index is -1.52. The molecule has 0 aromatic heterocycles. The van der Waals surface area contributed by atoms with Crippen LogP contribution in [0.1, 0.15) is 58.9 Å². The first-order valence-corrected chi connectivity index (χ1v) is 12.7. The summed E-state index contributed by atoms with van der Waals surface area (Å²) < 4.78 is 5.17. The van der Waals surface area contributed by atoms with E-state index in [-0.39, 0.29) is 36.7 Å². The monoisotopic (exact) mass is 505 g/mol. The lowest BCUT2D eigenvalue weighted by Gasteiger charge is -2.60. The number of fused-ring (bicyclic) bond motifs is 2. The fourth-order valence-electron chi connectivity index (χ4n) is 6.14. The van der Waals surface area contributed by atoms with Gasteiger partial charge in [-0.15, -0.1) is 13.2 Å². The Hall–Kier alpha value is -3.41. The Morgan fingerprint density at radius 2 is 1.76 bits per heavy atom. The van der Waals surface area contributed by atoms with Crippen molar-refractivity contribution in [1.82, 2.24) is 5.32 Å². The van der Waals surface area contributed by atoms with Gasteiger partial charge in [-0.1, -0.05) is 49.8 Å². The number of benzene rings is 1. The van der Waals surface area contributed by atoms with Crippen molar-refractivity contribution in [2.45, 2.75) is 59.9 Å². The molecule has 2 aliphatic rings. The van der Waals surface area contributed by atoms with E-state index in [1.807, 2.05) is 39.8 Å². The zero-order chi connectivity index (χ0) is 27.6. The molecule has 1 aromatic carbocycles. The number of hydrogen-bond donors (Lipinski definition) is 2. The molecule has 6 nitrogen and oxygen atoms in total. The van der Waals surface area contributed by atoms with Crippen molar-refractivity contribution in [3.63, 3.8) is 0 Å². The number of Topliss-reactive ketones (excluding diaryl/α,β-unsaturated/α-hetero) is 2. The van der Waals surface area contributed by atoms with Gasteiger partial charge in [-0.3, -0.25) is 14.4 Å². The maximum absolute atomic E-state index is 14.3. The van der Waals surface area contributed by atoms with Crippen LogP contribution in [0.3, 0.4) is 0 Å². The lowest BCUT2D eigenvalue weighted by atomic mass is 9.40. The Morgan fingerprint density at radius 1 is 1.14 bits per heavy atom. The summed E-state index contributed by atoms with van der Waals surface area (Å²) in [6, 6.07) is 7.17. The number of nitrogens with one attached hydrogen (secondary N) is 1. The number of ether oxygens (including phenoxy) is 1. The standard InChI is InChI=1S/C31H39NO5/c1-8-16-30-18-22(13-10-20(3)4)29(5,6)31(17-9-2,28(30)36)26(34)24(25(30)33)27(35)32-19-21-11-14-23(37-7)15-12-21/h8-12,14-15,22,33H,1-2,13,16-19H2,3-7H3,(H,32,35)/t22-,30-,31+/m1/s1. The van der Waals surface area contributed by atoms with E-state index in [0.717, 1.165) is 11.1 Å². The van der Waals surface area contributed by atoms with Crippen LogP contribution < -0.4 is 10.1 Å². The van der Waals surface area contributed by atoms with Gasteiger partial charge in [0.15, 0.2) is 11.6 Å². The third-order valence-electron chi connectivity index (χ3n) is 8.44. The molecule has 198 valence electrons. The highest BCUT2D eigenvalue weighted by Crippen LogP contribution is 2.66. The molecule has 1 amide bonds. The van der Waals surface area contributed by atoms with Gasteiger partial charge in [0.1, 0.15) is 22.5 Å². The predicted octanol–water partition coefficient (Wildman–Crippen LogP) is 5.80. The maximum Gasteiger partial charge on any atom is 0.258 e. The summed E-state index contributed by atoms with van der Waals surface area (Å²) in [5.41, 5.74) is -2.08. The number of rotatable bonds is 10. The van der Waals surface area contributed by atoms with Crippen LogP contribution in [0.4, 0.5) is 0 Å². The van der Waals surface area contributed by atoms with E-state index >= 15 is 0 Å². The van der Waals surface area contributed by atoms with Crippen LogP contribution in [0.2, 0.25) is 0 Å². The van der Waals surface area contributed by atoms with E-state index in [2.05, 4.69) is 24.6 Å². The molecule has 0 aliphatic heterocycles. The summed E-state index contributed by atoms with van der Waals surface area (Å²) in [5, 5.41) is 14.3. The van der Waals surface area contributed by atoms with Crippen molar-refractivity contribution >= 4 is 17.5 Å². The van der Waals surface area contributed by atoms with E-state index in [1.54, 1.807) is 31.4 Å². The van der Waals surface area contributed by atoms with E-state index in [1.165, 1.54) is 0 Å². The van der Waals surface area contributed by atoms with Crippen LogP contribution in [0.25, 0.3) is 0 Å². The molecular weight excluding hydrogens is 466 g/mol. The molecule has 3 rings (SSSR count). The van der Waals surface area contributed by atoms with Crippen LogP contribution in [0.5, 0.6) is 5.75 Å². The summed E-state index contributed by atoms with van der Waals surface area (Å²) in [5.74, 6) is -1.50. The normalized spacial score (nSPS) is 26.4. The number of carbonyl (C=O) groups excluding carboxylic acids is 3. The van der Waals surface area contributed by atoms with Gasteiger partial charge in [0.25, 0.3) is 5.91 Å². The highest BCUT2D eigenvalue weighted by Gasteiger charge is 2.72. The Labute approximate surface area is 220 Å². The van der Waals surface area contributed by atoms with Gasteiger partial charge in [-0.2, -0.15) is 0 Å². The van der Waals surface area contributed by atoms with E-state index in [9.17, 15) is 19.5 Å². The Bertz CT molecular complexity index is 1170. The van der Waals surface area contributed by atoms with Crippen LogP contribution in [-0.4, -0.2) is 29.7 Å². The maximum atomic E-state index is 14.3. The molecule has 0 radical (unpaired) electrons. The lowest BCUT2D eigenvalue weighted by Crippen LogP contribution is -2.67. The van der Waals surface area contributed by atoms with Crippen molar-refractivity contribution in [1.29, 1.82) is 0 Å². The summed E-state index contributed by atoms with van der Waals surface area (Å²) >= 11 is 0. The van der Waals surface area contributed by atoms with Crippen LogP contribution >= 0.6 is 0 Å². The van der Waals surface area contributed by atoms with Gasteiger partial charge in [-0.25, -0.2) is 0 Å². The summed E-state index contributed by atoms with van der Waals surface area (Å²) in [7, 11) is 1.57. The fraction of sp³-hybridized carbons (Fsp3) is 0.452. The zero-order valence-electron chi connectivity index (χ0n) is 22.6. The fourth-order valence-corrected chi connectivity index (χ4v) is 6.14. The average molecular weight is 506 g/mol. The minimum absolute atomic E-state index is 0.0877. The SMILES string of the molecule is C=CC[C@@]12C[C@@H](CC=C(C)C)C(C)(C)[C@@](CC=C)(C(=O)C(C(=O)NCc3ccc(OC)cc3)=C1O)C2=O. The number of allylic oxidation sites excluding steroid dienone is 5. The lowest BCUT2D eigenvalue weighted by molar-refractivity contribution is -0.171. The van der Waals surface area contributed by atoms with Gasteiger partial charge in [0.2, 0.25) is 0 Å². The Balaban J connectivity index is 2.14. The van der Waals surface area contributed by atoms with Crippen LogP contribution in [0, 0.1) is 22.2 Å². The second-order valence-corrected chi connectivity index (χ2v) is 11.0. The third-order valence-corrected chi connectivity index (χ3v) is 8.44. The molecule has 6 heteroatoms. The second kappa shape index (κ2) is 10.5. The number of amides is 1. The van der Waals surface area contributed by atoms with Gasteiger partial charge >= 0.3 is 0 Å². The molecular formula is C31H39NO5. The van der Waals surface area contributed by atoms with Crippen molar-refractivity contribution in [2.75, 3.05) is 7.11 Å². The molecule has 1 aromatic rings. The van der Waals surface area contributed by atoms with Gasteiger partial charge in [0.05, 0.1) is 12.5 Å². The van der Waals surface area contributed by atoms with Crippen molar-refractivity contribution in [3.8, 4) is 5.75 Å². The number of methoxy groups -OCH3 is 1. The van der Waals surface area contributed by atoms with E-state index in [0.29, 0.717) is 18.6 Å². The van der Waals surface area contributed by atoms with Gasteiger partial charge < -0.3 is 15.2 Å². The van der Waals surface area contributed by atoms with Crippen molar-refractivity contribution in [2.24, 2.45) is 22.2 Å². The number of hydrogen-bond acceptors (Lipinski definition) is 5. The summed E-state index contributed by atoms with van der Waals surface area (Å²) in [6.45, 7) is 15.7. The number of aliphatic hydroxyl groups excluding tert-OH is 1. The minimum Gasteiger partial charge on any atom is -0.510 e. The molecule has 2 N–H and O–H groups in total. The highest BCUT2D eigenvalue weighted by atomic mass is 16.5. The second-order valence-electron chi connectivity index (χ2n) is 11.0. The largest absolute Gasteiger partial charge is 0.510 e. The topological polar surface area (TPSA) is 92.7 Å². The molecule has 37 heavy (non-hydrogen) atoms. The van der Waals surface area contributed by atoms with Crippen molar-refractivity contribution < 1.29 is 24.2 Å².